The fraction of sp³-hybridized carbons (Fsp3) is 1.00. The highest BCUT2D eigenvalue weighted by Crippen LogP contribution is 2.25. The molecule has 2 saturated heterocycles. The van der Waals surface area contributed by atoms with Crippen molar-refractivity contribution < 1.29 is 4.65 Å². The summed E-state index contributed by atoms with van der Waals surface area (Å²) in [7, 11) is 0.451. The van der Waals surface area contributed by atoms with E-state index in [9.17, 15) is 0 Å². The molecule has 0 bridgehead atoms. The van der Waals surface area contributed by atoms with Gasteiger partial charge >= 0.3 is 7.05 Å². The molecule has 2 fully saturated rings. The molecule has 3 heteroatoms. The van der Waals surface area contributed by atoms with Crippen molar-refractivity contribution in [2.24, 2.45) is 0 Å². The normalized spacial score (nSPS) is 33.3. The molecule has 0 radical (unpaired) electrons. The maximum atomic E-state index is 5.60. The highest BCUT2D eigenvalue weighted by Gasteiger charge is 2.39. The zero-order valence-electron chi connectivity index (χ0n) is 6.55. The highest BCUT2D eigenvalue weighted by atomic mass is 16.5. The van der Waals surface area contributed by atoms with Crippen LogP contribution in [-0.4, -0.2) is 31.1 Å². The van der Waals surface area contributed by atoms with Crippen molar-refractivity contribution in [2.75, 3.05) is 13.2 Å². The molecule has 1 atom stereocenters. The van der Waals surface area contributed by atoms with Gasteiger partial charge in [-0.15, -0.1) is 0 Å². The molecular weight excluding hydrogens is 125 g/mol. The second-order valence-corrected chi connectivity index (χ2v) is 3.23. The second kappa shape index (κ2) is 2.55. The maximum Gasteiger partial charge on any atom is 0.382 e. The average Bonchev–Trinajstić information content (AvgIpc) is 2.44. The smallest absolute Gasteiger partial charge is 0.382 e. The summed E-state index contributed by atoms with van der Waals surface area (Å²) in [4.78, 5) is 2.51. The van der Waals surface area contributed by atoms with Gasteiger partial charge in [0.1, 0.15) is 0 Å². The lowest BCUT2D eigenvalue weighted by Crippen LogP contribution is -2.35. The fourth-order valence-corrected chi connectivity index (χ4v) is 2.09. The van der Waals surface area contributed by atoms with E-state index in [1.54, 1.807) is 0 Å². The van der Waals surface area contributed by atoms with Gasteiger partial charge in [-0.05, 0) is 25.7 Å². The van der Waals surface area contributed by atoms with Crippen molar-refractivity contribution in [3.05, 3.63) is 0 Å². The molecular formula is C7H14BNO. The van der Waals surface area contributed by atoms with Gasteiger partial charge in [-0.1, -0.05) is 6.92 Å². The largest absolute Gasteiger partial charge is 0.420 e. The molecule has 0 amide bonds. The Morgan fingerprint density at radius 2 is 2.60 bits per heavy atom. The summed E-state index contributed by atoms with van der Waals surface area (Å²) in [5.41, 5.74) is 0. The van der Waals surface area contributed by atoms with E-state index in [4.69, 9.17) is 4.65 Å². The molecule has 2 heterocycles. The van der Waals surface area contributed by atoms with Gasteiger partial charge in [0.25, 0.3) is 0 Å². The van der Waals surface area contributed by atoms with Gasteiger partial charge in [0.05, 0.1) is 0 Å². The van der Waals surface area contributed by atoms with Crippen LogP contribution in [0.1, 0.15) is 19.8 Å². The lowest BCUT2D eigenvalue weighted by atomic mass is 9.78. The van der Waals surface area contributed by atoms with Crippen molar-refractivity contribution >= 4 is 7.05 Å². The molecule has 2 aliphatic heterocycles. The van der Waals surface area contributed by atoms with Crippen LogP contribution < -0.4 is 0 Å². The van der Waals surface area contributed by atoms with E-state index >= 15 is 0 Å². The van der Waals surface area contributed by atoms with Gasteiger partial charge in [-0.3, -0.25) is 0 Å². The zero-order chi connectivity index (χ0) is 6.97. The number of fused-ring (bicyclic) bond motifs is 1. The molecule has 2 rings (SSSR count). The number of hydrogen-bond acceptors (Lipinski definition) is 2. The summed E-state index contributed by atoms with van der Waals surface area (Å²) in [6.07, 6.45) is 3.89. The van der Waals surface area contributed by atoms with E-state index in [2.05, 4.69) is 11.7 Å². The van der Waals surface area contributed by atoms with E-state index in [-0.39, 0.29) is 0 Å². The predicted octanol–water partition coefficient (Wildman–Crippen LogP) is 0.989. The molecule has 0 spiro atoms. The molecule has 56 valence electrons. The topological polar surface area (TPSA) is 12.5 Å². The first-order valence-corrected chi connectivity index (χ1v) is 4.29. The van der Waals surface area contributed by atoms with Crippen molar-refractivity contribution in [1.29, 1.82) is 0 Å². The van der Waals surface area contributed by atoms with E-state index in [0.29, 0.717) is 7.05 Å². The van der Waals surface area contributed by atoms with E-state index in [1.807, 2.05) is 0 Å². The van der Waals surface area contributed by atoms with Crippen LogP contribution in [0.2, 0.25) is 6.32 Å². The summed E-state index contributed by atoms with van der Waals surface area (Å²) >= 11 is 0. The fourth-order valence-electron chi connectivity index (χ4n) is 2.09. The lowest BCUT2D eigenvalue weighted by Gasteiger charge is -2.15. The lowest BCUT2D eigenvalue weighted by molar-refractivity contribution is 0.331. The minimum Gasteiger partial charge on any atom is -0.420 e. The molecule has 0 saturated carbocycles. The third-order valence-corrected chi connectivity index (χ3v) is 2.62. The van der Waals surface area contributed by atoms with E-state index in [0.717, 1.165) is 19.0 Å². The minimum absolute atomic E-state index is 0.451. The molecule has 0 aromatic carbocycles. The number of nitrogens with zero attached hydrogens (tertiary/aromatic N) is 1. The number of hydrogen-bond donors (Lipinski definition) is 0. The van der Waals surface area contributed by atoms with Gasteiger partial charge < -0.3 is 9.47 Å². The highest BCUT2D eigenvalue weighted by molar-refractivity contribution is 6.49. The predicted molar refractivity (Wildman–Crippen MR) is 41.9 cm³/mol. The first-order chi connectivity index (χ1) is 4.92. The standard InChI is InChI=1S/C7H14BNO/c1-2-8-9-5-3-4-7(9)6-10-8/h7H,2-6H2,1H3. The SMILES string of the molecule is CCB1OCC2CCCN12. The van der Waals surface area contributed by atoms with Crippen molar-refractivity contribution in [3.63, 3.8) is 0 Å². The van der Waals surface area contributed by atoms with Crippen LogP contribution in [0, 0.1) is 0 Å². The second-order valence-electron chi connectivity index (χ2n) is 3.23. The Morgan fingerprint density at radius 3 is 3.40 bits per heavy atom. The molecule has 1 unspecified atom stereocenters. The van der Waals surface area contributed by atoms with Gasteiger partial charge in [-0.2, -0.15) is 0 Å². The monoisotopic (exact) mass is 139 g/mol. The third-order valence-electron chi connectivity index (χ3n) is 2.62. The Kier molecular flexibility index (Phi) is 1.70. The van der Waals surface area contributed by atoms with Crippen molar-refractivity contribution in [2.45, 2.75) is 32.1 Å². The summed E-state index contributed by atoms with van der Waals surface area (Å²) in [5.74, 6) is 0. The van der Waals surface area contributed by atoms with Gasteiger partial charge in [0.2, 0.25) is 0 Å². The molecule has 0 aromatic rings. The molecule has 0 aromatic heterocycles. The maximum absolute atomic E-state index is 5.60. The Labute approximate surface area is 62.7 Å². The average molecular weight is 139 g/mol. The van der Waals surface area contributed by atoms with Crippen LogP contribution in [0.25, 0.3) is 0 Å². The van der Waals surface area contributed by atoms with Crippen LogP contribution in [0.5, 0.6) is 0 Å². The van der Waals surface area contributed by atoms with Crippen LogP contribution in [0.4, 0.5) is 0 Å². The quantitative estimate of drug-likeness (QED) is 0.502. The first kappa shape index (κ1) is 6.68. The zero-order valence-corrected chi connectivity index (χ0v) is 6.55. The van der Waals surface area contributed by atoms with Crippen LogP contribution in [0.15, 0.2) is 0 Å². The molecule has 0 N–H and O–H groups in total. The van der Waals surface area contributed by atoms with Gasteiger partial charge in [0.15, 0.2) is 0 Å². The third kappa shape index (κ3) is 0.885. The Balaban J connectivity index is 2.01. The molecule has 10 heavy (non-hydrogen) atoms. The molecule has 0 aliphatic carbocycles. The van der Waals surface area contributed by atoms with E-state index in [1.165, 1.54) is 19.4 Å². The molecule has 2 aliphatic rings. The number of rotatable bonds is 1. The van der Waals surface area contributed by atoms with Gasteiger partial charge in [-0.25, -0.2) is 0 Å². The van der Waals surface area contributed by atoms with Gasteiger partial charge in [0, 0.05) is 12.6 Å². The summed E-state index contributed by atoms with van der Waals surface area (Å²) in [6.45, 7) is 4.45. The first-order valence-electron chi connectivity index (χ1n) is 4.29. The summed E-state index contributed by atoms with van der Waals surface area (Å²) < 4.78 is 5.60. The van der Waals surface area contributed by atoms with Crippen LogP contribution in [-0.2, 0) is 4.65 Å². The Morgan fingerprint density at radius 1 is 1.70 bits per heavy atom. The van der Waals surface area contributed by atoms with Crippen molar-refractivity contribution in [1.82, 2.24) is 4.81 Å². The van der Waals surface area contributed by atoms with Crippen LogP contribution in [0.3, 0.4) is 0 Å². The molecule has 2 nitrogen and oxygen atoms in total. The summed E-state index contributed by atoms with van der Waals surface area (Å²) in [5, 5.41) is 0. The Bertz CT molecular complexity index is 131. The minimum atomic E-state index is 0.451. The van der Waals surface area contributed by atoms with E-state index < -0.39 is 0 Å². The Hall–Kier alpha value is -0.0151. The van der Waals surface area contributed by atoms with Crippen LogP contribution >= 0.6 is 0 Å². The summed E-state index contributed by atoms with van der Waals surface area (Å²) in [6, 6.07) is 0.768. The van der Waals surface area contributed by atoms with Crippen molar-refractivity contribution in [3.8, 4) is 0 Å².